The molecule has 1 rings (SSSR count). The van der Waals surface area contributed by atoms with Gasteiger partial charge in [-0.25, -0.2) is 4.79 Å². The lowest BCUT2D eigenvalue weighted by atomic mass is 10.0. The van der Waals surface area contributed by atoms with Crippen LogP contribution < -0.4 is 27.4 Å². The van der Waals surface area contributed by atoms with Gasteiger partial charge in [0.1, 0.15) is 18.1 Å². The maximum Gasteiger partial charge on any atom is 0.326 e. The molecule has 1 aromatic rings. The largest absolute Gasteiger partial charge is 0.480 e. The van der Waals surface area contributed by atoms with Crippen LogP contribution in [-0.4, -0.2) is 71.5 Å². The number of nitrogens with one attached hydrogen (secondary N) is 3. The van der Waals surface area contributed by atoms with Crippen molar-refractivity contribution in [2.45, 2.75) is 63.2 Å². The summed E-state index contributed by atoms with van der Waals surface area (Å²) < 4.78 is 0. The highest BCUT2D eigenvalue weighted by atomic mass is 32.2. The van der Waals surface area contributed by atoms with Gasteiger partial charge in [-0.05, 0) is 63.1 Å². The first-order valence-corrected chi connectivity index (χ1v) is 12.7. The highest BCUT2D eigenvalue weighted by molar-refractivity contribution is 7.98. The van der Waals surface area contributed by atoms with Gasteiger partial charge in [-0.15, -0.1) is 0 Å². The van der Waals surface area contributed by atoms with E-state index >= 15 is 0 Å². The molecular weight excluding hydrogens is 458 g/mol. The normalized spacial score (nSPS) is 14.4. The van der Waals surface area contributed by atoms with Gasteiger partial charge >= 0.3 is 5.97 Å². The Morgan fingerprint density at radius 1 is 0.941 bits per heavy atom. The number of nitrogens with two attached hydrogens (primary N) is 2. The van der Waals surface area contributed by atoms with Crippen molar-refractivity contribution in [1.29, 1.82) is 0 Å². The SMILES string of the molecule is CSCCC(NC(=O)C(C)NC(=O)C(CCCCN)NC(=O)C(N)Cc1ccccc1)C(=O)O. The standard InChI is InChI=1S/C23H37N5O5S/c1-15(20(29)28-19(23(32)33)11-13-34-2)26-22(31)18(10-6-7-12-24)27-21(30)17(25)14-16-8-4-3-5-9-16/h3-5,8-9,15,17-19H,6-7,10-14,24-25H2,1-2H3,(H,26,31)(H,27,30)(H,28,29)(H,32,33). The second-order valence-electron chi connectivity index (χ2n) is 8.05. The van der Waals surface area contributed by atoms with Gasteiger partial charge in [0.05, 0.1) is 6.04 Å². The fraction of sp³-hybridized carbons (Fsp3) is 0.565. The van der Waals surface area contributed by atoms with Crippen LogP contribution in [0.2, 0.25) is 0 Å². The van der Waals surface area contributed by atoms with Crippen LogP contribution in [0.1, 0.15) is 38.2 Å². The van der Waals surface area contributed by atoms with E-state index in [0.29, 0.717) is 38.0 Å². The Balaban J connectivity index is 2.75. The lowest BCUT2D eigenvalue weighted by Gasteiger charge is -2.23. The summed E-state index contributed by atoms with van der Waals surface area (Å²) in [4.78, 5) is 49.3. The number of aliphatic carboxylic acids is 1. The summed E-state index contributed by atoms with van der Waals surface area (Å²) in [7, 11) is 0. The van der Waals surface area contributed by atoms with Gasteiger partial charge < -0.3 is 32.5 Å². The average Bonchev–Trinajstić information content (AvgIpc) is 2.81. The Hall–Kier alpha value is -2.63. The van der Waals surface area contributed by atoms with E-state index in [1.54, 1.807) is 0 Å². The predicted octanol–water partition coefficient (Wildman–Crippen LogP) is -0.00260. The monoisotopic (exact) mass is 495 g/mol. The molecule has 0 heterocycles. The van der Waals surface area contributed by atoms with Gasteiger partial charge in [-0.2, -0.15) is 11.8 Å². The van der Waals surface area contributed by atoms with E-state index in [1.165, 1.54) is 18.7 Å². The first kappa shape index (κ1) is 29.4. The third kappa shape index (κ3) is 11.0. The van der Waals surface area contributed by atoms with Crippen LogP contribution in [0.5, 0.6) is 0 Å². The number of thioether (sulfide) groups is 1. The minimum atomic E-state index is -1.14. The smallest absolute Gasteiger partial charge is 0.326 e. The summed E-state index contributed by atoms with van der Waals surface area (Å²) in [6.45, 7) is 1.90. The van der Waals surface area contributed by atoms with Crippen LogP contribution in [0, 0.1) is 0 Å². The number of carbonyl (C=O) groups excluding carboxylic acids is 3. The predicted molar refractivity (Wildman–Crippen MR) is 133 cm³/mol. The van der Waals surface area contributed by atoms with Gasteiger partial charge in [0, 0.05) is 0 Å². The Morgan fingerprint density at radius 2 is 1.59 bits per heavy atom. The molecule has 0 aliphatic carbocycles. The molecule has 3 amide bonds. The molecule has 0 saturated carbocycles. The van der Waals surface area contributed by atoms with E-state index in [-0.39, 0.29) is 6.42 Å². The molecule has 0 bridgehead atoms. The van der Waals surface area contributed by atoms with Crippen molar-refractivity contribution in [2.75, 3.05) is 18.6 Å². The fourth-order valence-electron chi connectivity index (χ4n) is 3.17. The van der Waals surface area contributed by atoms with Crippen LogP contribution in [0.3, 0.4) is 0 Å². The molecule has 190 valence electrons. The Kier molecular flexibility index (Phi) is 13.9. The number of amides is 3. The third-order valence-corrected chi connectivity index (χ3v) is 5.84. The van der Waals surface area contributed by atoms with Crippen molar-refractivity contribution in [3.63, 3.8) is 0 Å². The van der Waals surface area contributed by atoms with Crippen molar-refractivity contribution in [2.24, 2.45) is 11.5 Å². The maximum absolute atomic E-state index is 12.9. The molecule has 0 fully saturated rings. The van der Waals surface area contributed by atoms with E-state index in [9.17, 15) is 24.3 Å². The lowest BCUT2D eigenvalue weighted by Crippen LogP contribution is -2.56. The second kappa shape index (κ2) is 16.1. The summed E-state index contributed by atoms with van der Waals surface area (Å²) in [5, 5.41) is 17.0. The van der Waals surface area contributed by atoms with Crippen molar-refractivity contribution in [3.8, 4) is 0 Å². The maximum atomic E-state index is 12.9. The summed E-state index contributed by atoms with van der Waals surface area (Å²) >= 11 is 1.47. The van der Waals surface area contributed by atoms with Crippen molar-refractivity contribution in [3.05, 3.63) is 35.9 Å². The molecular formula is C23H37N5O5S. The molecule has 0 aromatic heterocycles. The van der Waals surface area contributed by atoms with Crippen LogP contribution in [-0.2, 0) is 25.6 Å². The topological polar surface area (TPSA) is 177 Å². The minimum absolute atomic E-state index is 0.264. The molecule has 0 saturated heterocycles. The molecule has 1 aromatic carbocycles. The first-order chi connectivity index (χ1) is 16.2. The van der Waals surface area contributed by atoms with Gasteiger partial charge in [0.25, 0.3) is 0 Å². The fourth-order valence-corrected chi connectivity index (χ4v) is 3.64. The van der Waals surface area contributed by atoms with E-state index < -0.39 is 47.9 Å². The van der Waals surface area contributed by atoms with Gasteiger partial charge in [0.2, 0.25) is 17.7 Å². The zero-order valence-electron chi connectivity index (χ0n) is 19.8. The average molecular weight is 496 g/mol. The number of carboxylic acids is 1. The van der Waals surface area contributed by atoms with Crippen LogP contribution >= 0.6 is 11.8 Å². The number of benzene rings is 1. The van der Waals surface area contributed by atoms with Crippen LogP contribution in [0.25, 0.3) is 0 Å². The van der Waals surface area contributed by atoms with E-state index in [0.717, 1.165) is 5.56 Å². The van der Waals surface area contributed by atoms with Crippen LogP contribution in [0.4, 0.5) is 0 Å². The minimum Gasteiger partial charge on any atom is -0.480 e. The molecule has 4 atom stereocenters. The number of hydrogen-bond acceptors (Lipinski definition) is 7. The Morgan fingerprint density at radius 3 is 2.18 bits per heavy atom. The van der Waals surface area contributed by atoms with Gasteiger partial charge in [-0.3, -0.25) is 14.4 Å². The number of carboxylic acid groups (broad SMARTS) is 1. The number of hydrogen-bond donors (Lipinski definition) is 6. The summed E-state index contributed by atoms with van der Waals surface area (Å²) in [6.07, 6.45) is 4.01. The molecule has 0 aliphatic rings. The van der Waals surface area contributed by atoms with Crippen molar-refractivity contribution in [1.82, 2.24) is 16.0 Å². The molecule has 34 heavy (non-hydrogen) atoms. The Labute approximate surface area is 205 Å². The molecule has 4 unspecified atom stereocenters. The summed E-state index contributed by atoms with van der Waals surface area (Å²) in [5.41, 5.74) is 12.5. The molecule has 8 N–H and O–H groups in total. The quantitative estimate of drug-likeness (QED) is 0.174. The van der Waals surface area contributed by atoms with Crippen LogP contribution in [0.15, 0.2) is 30.3 Å². The van der Waals surface area contributed by atoms with E-state index in [2.05, 4.69) is 16.0 Å². The second-order valence-corrected chi connectivity index (χ2v) is 9.04. The molecule has 11 heteroatoms. The molecule has 0 aliphatic heterocycles. The molecule has 0 spiro atoms. The van der Waals surface area contributed by atoms with Gasteiger partial charge in [0.15, 0.2) is 0 Å². The van der Waals surface area contributed by atoms with Gasteiger partial charge in [-0.1, -0.05) is 30.3 Å². The van der Waals surface area contributed by atoms with Crippen molar-refractivity contribution >= 4 is 35.5 Å². The molecule has 0 radical (unpaired) electrons. The zero-order valence-corrected chi connectivity index (χ0v) is 20.6. The van der Waals surface area contributed by atoms with E-state index in [4.69, 9.17) is 11.5 Å². The third-order valence-electron chi connectivity index (χ3n) is 5.19. The number of unbranched alkanes of at least 4 members (excludes halogenated alkanes) is 1. The zero-order chi connectivity index (χ0) is 25.5. The molecule has 10 nitrogen and oxygen atoms in total. The highest BCUT2D eigenvalue weighted by Gasteiger charge is 2.28. The van der Waals surface area contributed by atoms with E-state index in [1.807, 2.05) is 36.6 Å². The Bertz CT molecular complexity index is 795. The summed E-state index contributed by atoms with van der Waals surface area (Å²) in [5.74, 6) is -2.21. The highest BCUT2D eigenvalue weighted by Crippen LogP contribution is 2.06. The number of rotatable bonds is 16. The first-order valence-electron chi connectivity index (χ1n) is 11.3. The summed E-state index contributed by atoms with van der Waals surface area (Å²) in [6, 6.07) is 5.52. The van der Waals surface area contributed by atoms with Crippen molar-refractivity contribution < 1.29 is 24.3 Å². The number of carbonyl (C=O) groups is 4. The lowest BCUT2D eigenvalue weighted by molar-refractivity contribution is -0.142.